The summed E-state index contributed by atoms with van der Waals surface area (Å²) in [4.78, 5) is 13.9. The first-order valence-electron chi connectivity index (χ1n) is 14.9. The van der Waals surface area contributed by atoms with Crippen LogP contribution in [0.4, 0.5) is 0 Å². The van der Waals surface area contributed by atoms with Gasteiger partial charge in [0, 0.05) is 25.7 Å². The molecule has 9 nitrogen and oxygen atoms in total. The Labute approximate surface area is 236 Å². The van der Waals surface area contributed by atoms with Crippen LogP contribution in [0.5, 0.6) is 0 Å². The van der Waals surface area contributed by atoms with Gasteiger partial charge in [-0.05, 0) is 49.7 Å². The maximum Gasteiger partial charge on any atom is 0.316 e. The molecule has 0 saturated carbocycles. The van der Waals surface area contributed by atoms with Gasteiger partial charge in [0.25, 0.3) is 0 Å². The number of aliphatic hydroxyl groups excluding tert-OH is 2. The van der Waals surface area contributed by atoms with Crippen molar-refractivity contribution >= 4 is 5.97 Å². The third-order valence-corrected chi connectivity index (χ3v) is 10.2. The van der Waals surface area contributed by atoms with Crippen molar-refractivity contribution in [1.82, 2.24) is 0 Å². The van der Waals surface area contributed by atoms with Crippen molar-refractivity contribution in [3.8, 4) is 0 Å². The molecule has 0 amide bonds. The monoisotopic (exact) mass is 560 g/mol. The Morgan fingerprint density at radius 3 is 2.62 bits per heavy atom. The second-order valence-corrected chi connectivity index (χ2v) is 13.3. The largest absolute Gasteiger partial charge is 0.462 e. The fourth-order valence-corrected chi connectivity index (χ4v) is 7.63. The molecule has 0 radical (unpaired) electrons. The van der Waals surface area contributed by atoms with Crippen molar-refractivity contribution < 1.29 is 43.8 Å². The molecule has 2 bridgehead atoms. The third-order valence-electron chi connectivity index (χ3n) is 10.2. The Morgan fingerprint density at radius 1 is 1.07 bits per heavy atom. The van der Waals surface area contributed by atoms with Crippen molar-refractivity contribution in [1.29, 1.82) is 0 Å². The van der Waals surface area contributed by atoms with E-state index in [-0.39, 0.29) is 42.0 Å². The lowest BCUT2D eigenvalue weighted by atomic mass is 9.70. The highest BCUT2D eigenvalue weighted by molar-refractivity contribution is 5.78. The quantitative estimate of drug-likeness (QED) is 0.252. The summed E-state index contributed by atoms with van der Waals surface area (Å²) in [6.07, 6.45) is 8.29. The smallest absolute Gasteiger partial charge is 0.316 e. The number of aliphatic hydroxyl groups is 3. The molecule has 4 saturated heterocycles. The van der Waals surface area contributed by atoms with Gasteiger partial charge >= 0.3 is 5.97 Å². The van der Waals surface area contributed by atoms with E-state index in [0.717, 1.165) is 12.8 Å². The summed E-state index contributed by atoms with van der Waals surface area (Å²) in [5, 5.41) is 32.9. The first-order valence-corrected chi connectivity index (χ1v) is 14.9. The predicted octanol–water partition coefficient (Wildman–Crippen LogP) is 2.72. The van der Waals surface area contributed by atoms with E-state index in [9.17, 15) is 20.1 Å². The van der Waals surface area contributed by atoms with E-state index in [0.29, 0.717) is 37.2 Å². The van der Waals surface area contributed by atoms with E-state index < -0.39 is 48.2 Å². The van der Waals surface area contributed by atoms with Crippen molar-refractivity contribution in [3.63, 3.8) is 0 Å². The number of epoxide rings is 1. The fraction of sp³-hybridized carbons (Fsp3) is 0.774. The molecule has 40 heavy (non-hydrogen) atoms. The topological polar surface area (TPSA) is 127 Å². The van der Waals surface area contributed by atoms with Crippen molar-refractivity contribution in [2.45, 2.75) is 120 Å². The summed E-state index contributed by atoms with van der Waals surface area (Å²) in [6.45, 7) is 8.11. The molecule has 3 N–H and O–H groups in total. The molecule has 5 aliphatic heterocycles. The van der Waals surface area contributed by atoms with E-state index in [1.165, 1.54) is 6.08 Å². The first kappa shape index (κ1) is 28.5. The number of carbonyl (C=O) groups is 1. The summed E-state index contributed by atoms with van der Waals surface area (Å²) in [7, 11) is 0. The maximum atomic E-state index is 13.9. The van der Waals surface area contributed by atoms with Gasteiger partial charge in [-0.25, -0.2) is 0 Å². The molecule has 1 spiro atoms. The van der Waals surface area contributed by atoms with E-state index in [1.807, 2.05) is 6.08 Å². The Hall–Kier alpha value is -1.59. The van der Waals surface area contributed by atoms with Gasteiger partial charge in [0.1, 0.15) is 29.8 Å². The van der Waals surface area contributed by atoms with Crippen LogP contribution in [-0.2, 0) is 28.5 Å². The van der Waals surface area contributed by atoms with E-state index in [2.05, 4.69) is 33.8 Å². The number of hydrogen-bond donors (Lipinski definition) is 3. The van der Waals surface area contributed by atoms with Crippen LogP contribution in [0.25, 0.3) is 0 Å². The zero-order chi connectivity index (χ0) is 28.4. The van der Waals surface area contributed by atoms with Crippen molar-refractivity contribution in [3.05, 3.63) is 35.5 Å². The lowest BCUT2D eigenvalue weighted by Crippen LogP contribution is -2.58. The fourth-order valence-electron chi connectivity index (χ4n) is 7.63. The van der Waals surface area contributed by atoms with Gasteiger partial charge in [0.2, 0.25) is 0 Å². The van der Waals surface area contributed by atoms with E-state index in [1.54, 1.807) is 6.08 Å². The summed E-state index contributed by atoms with van der Waals surface area (Å²) in [6, 6.07) is 0. The molecule has 1 aliphatic carbocycles. The molecule has 6 aliphatic rings. The molecule has 222 valence electrons. The number of esters is 1. The summed E-state index contributed by atoms with van der Waals surface area (Å²) < 4.78 is 31.4. The van der Waals surface area contributed by atoms with Crippen LogP contribution >= 0.6 is 0 Å². The van der Waals surface area contributed by atoms with Crippen LogP contribution in [0.3, 0.4) is 0 Å². The standard InChI is InChI=1S/C31H44O9/c1-17-6-5-7-21-16-36-27-26(33)20(15-32)10-24(31(21,27)35)28(34)37-23-11-22(12-25-29(4,13-17)40-25)39-30(14-23)9-8-18(2)19(3)38-30/h5-7,10,17-19,22-27,32-33,35H,8-9,11-16H2,1-4H3/b6-5+,21-7+/t17-,18-,19?,22-,23-,24-,25-,26+,27+,29-,30-,31+/m0/s1. The number of carbonyl (C=O) groups excluding carboxylic acids is 1. The average Bonchev–Trinajstić information content (AvgIpc) is 3.36. The molecule has 1 unspecified atom stereocenters. The summed E-state index contributed by atoms with van der Waals surface area (Å²) in [5.41, 5.74) is -1.33. The Bertz CT molecular complexity index is 1100. The van der Waals surface area contributed by atoms with Crippen LogP contribution in [0, 0.1) is 17.8 Å². The third kappa shape index (κ3) is 4.91. The highest BCUT2D eigenvalue weighted by Crippen LogP contribution is 2.50. The maximum absolute atomic E-state index is 13.9. The van der Waals surface area contributed by atoms with Crippen LogP contribution in [0.2, 0.25) is 0 Å². The molecule has 5 heterocycles. The summed E-state index contributed by atoms with van der Waals surface area (Å²) in [5.74, 6) is -1.99. The molecule has 4 fully saturated rings. The highest BCUT2D eigenvalue weighted by atomic mass is 16.7. The average molecular weight is 561 g/mol. The molecule has 0 aromatic heterocycles. The highest BCUT2D eigenvalue weighted by Gasteiger charge is 2.61. The summed E-state index contributed by atoms with van der Waals surface area (Å²) >= 11 is 0. The number of fused-ring (bicyclic) bond motifs is 3. The van der Waals surface area contributed by atoms with Gasteiger partial charge in [-0.15, -0.1) is 0 Å². The molecular weight excluding hydrogens is 516 g/mol. The number of hydrogen-bond acceptors (Lipinski definition) is 9. The van der Waals surface area contributed by atoms with Gasteiger partial charge in [-0.2, -0.15) is 0 Å². The minimum absolute atomic E-state index is 0.0106. The molecule has 6 rings (SSSR count). The van der Waals surface area contributed by atoms with Crippen LogP contribution in [-0.4, -0.2) is 88.1 Å². The lowest BCUT2D eigenvalue weighted by molar-refractivity contribution is -0.333. The zero-order valence-corrected chi connectivity index (χ0v) is 24.0. The molecule has 12 atom stereocenters. The van der Waals surface area contributed by atoms with Gasteiger partial charge in [0.15, 0.2) is 5.79 Å². The molecular formula is C31H44O9. The predicted molar refractivity (Wildman–Crippen MR) is 144 cm³/mol. The second kappa shape index (κ2) is 10.3. The lowest BCUT2D eigenvalue weighted by Gasteiger charge is -2.49. The van der Waals surface area contributed by atoms with Crippen LogP contribution < -0.4 is 0 Å². The van der Waals surface area contributed by atoms with Gasteiger partial charge in [0.05, 0.1) is 37.1 Å². The van der Waals surface area contributed by atoms with Crippen LogP contribution in [0.15, 0.2) is 35.5 Å². The SMILES string of the molecule is CC1O[C@]2(CC[C@@H]1C)C[C@@H]1C[C@@H](C[C@@H]3O[C@@]3(C)C[C@@H](C)/C=C/C=C3\CO[C@@H]4[C@H](O)C(CO)=C[C@@H](C(=O)O1)[C@]34O)O2. The zero-order valence-electron chi connectivity index (χ0n) is 24.0. The minimum atomic E-state index is -1.80. The van der Waals surface area contributed by atoms with Crippen molar-refractivity contribution in [2.24, 2.45) is 17.8 Å². The first-order chi connectivity index (χ1) is 19.0. The van der Waals surface area contributed by atoms with Gasteiger partial charge in [-0.3, -0.25) is 4.79 Å². The Kier molecular flexibility index (Phi) is 7.34. The Morgan fingerprint density at radius 2 is 1.88 bits per heavy atom. The van der Waals surface area contributed by atoms with Crippen LogP contribution in [0.1, 0.15) is 66.2 Å². The van der Waals surface area contributed by atoms with E-state index in [4.69, 9.17) is 23.7 Å². The van der Waals surface area contributed by atoms with Crippen molar-refractivity contribution in [2.75, 3.05) is 13.2 Å². The minimum Gasteiger partial charge on any atom is -0.462 e. The van der Waals surface area contributed by atoms with Gasteiger partial charge in [-0.1, -0.05) is 38.2 Å². The molecule has 0 aromatic carbocycles. The number of allylic oxidation sites excluding steroid dienone is 3. The number of rotatable bonds is 1. The number of ether oxygens (including phenoxy) is 5. The second-order valence-electron chi connectivity index (χ2n) is 13.3. The van der Waals surface area contributed by atoms with E-state index >= 15 is 0 Å². The molecule has 9 heteroatoms. The molecule has 0 aromatic rings. The normalized spacial score (nSPS) is 53.0. The van der Waals surface area contributed by atoms with Gasteiger partial charge < -0.3 is 39.0 Å². The Balaban J connectivity index is 1.37.